The van der Waals surface area contributed by atoms with Crippen LogP contribution >= 0.6 is 7.67 Å². The second-order valence-electron chi connectivity index (χ2n) is 0.679. The van der Waals surface area contributed by atoms with E-state index in [2.05, 4.69) is 5.50 Å². The molecule has 0 amide bonds. The third-order valence-electron chi connectivity index (χ3n) is 0.128. The van der Waals surface area contributed by atoms with Gasteiger partial charge in [0.1, 0.15) is 0 Å². The molecule has 6 heteroatoms. The lowest BCUT2D eigenvalue weighted by molar-refractivity contribution is 0.479. The van der Waals surface area contributed by atoms with Crippen LogP contribution in [-0.4, -0.2) is 4.89 Å². The maximum absolute atomic E-state index is 9.50. The van der Waals surface area contributed by atoms with Crippen molar-refractivity contribution < 1.29 is 9.46 Å². The average Bonchev–Trinajstić information content (AvgIpc) is 1.35. The first-order valence-corrected chi connectivity index (χ1v) is 2.72. The number of rotatable bonds is 1. The molecule has 0 bridgehead atoms. The van der Waals surface area contributed by atoms with Gasteiger partial charge in [0, 0.05) is 0 Å². The summed E-state index contributed by atoms with van der Waals surface area (Å²) in [7, 11) is -3.97. The zero-order valence-electron chi connectivity index (χ0n) is 2.77. The minimum Gasteiger partial charge on any atom is -0.315 e. The van der Waals surface area contributed by atoms with E-state index in [4.69, 9.17) is 10.4 Å². The van der Waals surface area contributed by atoms with Crippen LogP contribution in [0.1, 0.15) is 0 Å². The molecule has 6 heavy (non-hydrogen) atoms. The summed E-state index contributed by atoms with van der Waals surface area (Å²) in [5, 5.41) is 0. The van der Waals surface area contributed by atoms with Crippen molar-refractivity contribution in [2.75, 3.05) is 0 Å². The van der Waals surface area contributed by atoms with Crippen LogP contribution in [0.5, 0.6) is 0 Å². The number of hydrogen-bond donors (Lipinski definition) is 2. The highest BCUT2D eigenvalue weighted by Crippen LogP contribution is 2.28. The molecule has 0 aliphatic heterocycles. The molecule has 1 radical (unpaired) electrons. The van der Waals surface area contributed by atoms with E-state index < -0.39 is 7.67 Å². The second kappa shape index (κ2) is 1.47. The van der Waals surface area contributed by atoms with Crippen molar-refractivity contribution in [3.8, 4) is 0 Å². The van der Waals surface area contributed by atoms with E-state index in [9.17, 15) is 4.57 Å². The molecule has 0 fully saturated rings. The third-order valence-corrected chi connectivity index (χ3v) is 0.384. The Morgan fingerprint density at radius 2 is 2.17 bits per heavy atom. The van der Waals surface area contributed by atoms with Gasteiger partial charge in [0.05, 0.1) is 0 Å². The fourth-order valence-corrected chi connectivity index (χ4v) is 0. The van der Waals surface area contributed by atoms with Crippen molar-refractivity contribution in [2.24, 2.45) is 10.4 Å². The van der Waals surface area contributed by atoms with Crippen LogP contribution in [0.3, 0.4) is 0 Å². The normalized spacial score (nSPS) is 19.0. The molecular formula is H3N3O2P. The van der Waals surface area contributed by atoms with Crippen molar-refractivity contribution >= 4 is 7.67 Å². The molecule has 0 saturated heterocycles. The molecule has 5 nitrogen and oxygen atoms in total. The minimum atomic E-state index is -3.97. The molecule has 0 aromatic carbocycles. The molecule has 0 aromatic heterocycles. The van der Waals surface area contributed by atoms with Crippen molar-refractivity contribution in [1.29, 1.82) is 0 Å². The number of nitrogens with two attached hydrogens (primary N) is 1. The highest BCUT2D eigenvalue weighted by molar-refractivity contribution is 7.53. The van der Waals surface area contributed by atoms with Gasteiger partial charge >= 0.3 is 7.67 Å². The molecule has 1 atom stereocenters. The molecule has 0 aliphatic rings. The topological polar surface area (TPSA) is 98.0 Å². The fraction of sp³-hybridized carbons (Fsp3) is 0. The van der Waals surface area contributed by atoms with Gasteiger partial charge in [0.15, 0.2) is 0 Å². The predicted octanol–water partition coefficient (Wildman–Crippen LogP) is -0.702. The largest absolute Gasteiger partial charge is 0.401 e. The van der Waals surface area contributed by atoms with Crippen LogP contribution < -0.4 is 11.0 Å². The molecule has 0 saturated carbocycles. The maximum atomic E-state index is 9.50. The highest BCUT2D eigenvalue weighted by atomic mass is 31.2. The summed E-state index contributed by atoms with van der Waals surface area (Å²) in [6.07, 6.45) is 0. The molecule has 3 N–H and O–H groups in total. The Balaban J connectivity index is 3.81. The minimum absolute atomic E-state index is 1.91. The first-order valence-electron chi connectivity index (χ1n) is 1.04. The van der Waals surface area contributed by atoms with Gasteiger partial charge in [0.2, 0.25) is 0 Å². The first-order chi connectivity index (χ1) is 2.56. The van der Waals surface area contributed by atoms with Crippen molar-refractivity contribution in [3.05, 3.63) is 0 Å². The van der Waals surface area contributed by atoms with E-state index in [1.165, 1.54) is 0 Å². The van der Waals surface area contributed by atoms with Crippen LogP contribution in [-0.2, 0) is 4.57 Å². The van der Waals surface area contributed by atoms with E-state index in [1.54, 1.807) is 0 Å². The predicted molar refractivity (Wildman–Crippen MR) is 18.6 cm³/mol. The van der Waals surface area contributed by atoms with E-state index >= 15 is 0 Å². The number of nitrogens with zero attached hydrogens (tertiary/aromatic N) is 2. The van der Waals surface area contributed by atoms with Crippen LogP contribution in [0.25, 0.3) is 0 Å². The van der Waals surface area contributed by atoms with Gasteiger partial charge in [-0.1, -0.05) is 4.88 Å². The van der Waals surface area contributed by atoms with Gasteiger partial charge in [-0.15, -0.1) is 0 Å². The molecule has 0 aliphatic carbocycles. The molecule has 0 spiro atoms. The lowest BCUT2D eigenvalue weighted by atomic mass is 13.3. The van der Waals surface area contributed by atoms with Gasteiger partial charge in [-0.2, -0.15) is 0 Å². The smallest absolute Gasteiger partial charge is 0.315 e. The summed E-state index contributed by atoms with van der Waals surface area (Å²) in [6.45, 7) is 0. The van der Waals surface area contributed by atoms with Crippen molar-refractivity contribution in [3.63, 3.8) is 0 Å². The second-order valence-corrected chi connectivity index (χ2v) is 2.04. The highest BCUT2D eigenvalue weighted by Gasteiger charge is 2.03. The molecule has 0 aromatic rings. The lowest BCUT2D eigenvalue weighted by Gasteiger charge is -1.85. The molecule has 1 unspecified atom stereocenters. The Labute approximate surface area is 34.2 Å². The Bertz CT molecular complexity index is 91.0. The summed E-state index contributed by atoms with van der Waals surface area (Å²) < 4.78 is 9.50. The zero-order valence-corrected chi connectivity index (χ0v) is 3.67. The SMILES string of the molecule is [N]=NP(N)(=O)O. The van der Waals surface area contributed by atoms with Gasteiger partial charge in [-0.25, -0.2) is 10.1 Å². The molecule has 0 heterocycles. The monoisotopic (exact) mass is 108 g/mol. The van der Waals surface area contributed by atoms with E-state index in [0.717, 1.165) is 0 Å². The van der Waals surface area contributed by atoms with E-state index in [-0.39, 0.29) is 0 Å². The summed E-state index contributed by atoms with van der Waals surface area (Å²) in [5.74, 6) is 0. The number of hydrogen-bond acceptors (Lipinski definition) is 1. The van der Waals surface area contributed by atoms with Crippen molar-refractivity contribution in [2.45, 2.75) is 0 Å². The van der Waals surface area contributed by atoms with Crippen LogP contribution in [0.2, 0.25) is 0 Å². The molecular weight excluding hydrogens is 105 g/mol. The Kier molecular flexibility index (Phi) is 1.40. The maximum Gasteiger partial charge on any atom is 0.401 e. The Hall–Kier alpha value is -0.250. The summed E-state index contributed by atoms with van der Waals surface area (Å²) in [6, 6.07) is 0. The van der Waals surface area contributed by atoms with Gasteiger partial charge < -0.3 is 4.89 Å². The standard InChI is InChI=1S/H3N3O2P/c1-3-6(2,4)5/h(H3,2,4,5). The third kappa shape index (κ3) is 3.75. The Morgan fingerprint density at radius 3 is 2.17 bits per heavy atom. The van der Waals surface area contributed by atoms with Crippen LogP contribution in [0.15, 0.2) is 4.88 Å². The quantitative estimate of drug-likeness (QED) is 0.343. The fourth-order valence-electron chi connectivity index (χ4n) is 0. The van der Waals surface area contributed by atoms with E-state index in [0.29, 0.717) is 0 Å². The first kappa shape index (κ1) is 5.75. The van der Waals surface area contributed by atoms with Gasteiger partial charge in [0.25, 0.3) is 0 Å². The van der Waals surface area contributed by atoms with Crippen LogP contribution in [0.4, 0.5) is 0 Å². The van der Waals surface area contributed by atoms with Gasteiger partial charge in [-0.05, 0) is 5.53 Å². The zero-order chi connectivity index (χ0) is 5.21. The van der Waals surface area contributed by atoms with Gasteiger partial charge in [-0.3, -0.25) is 0 Å². The van der Waals surface area contributed by atoms with Crippen molar-refractivity contribution in [1.82, 2.24) is 5.53 Å². The lowest BCUT2D eigenvalue weighted by Crippen LogP contribution is -1.85. The van der Waals surface area contributed by atoms with Crippen LogP contribution in [0, 0.1) is 0 Å². The summed E-state index contributed by atoms with van der Waals surface area (Å²) in [5.41, 5.74) is 11.6. The summed E-state index contributed by atoms with van der Waals surface area (Å²) in [4.78, 5) is 9.65. The molecule has 35 valence electrons. The molecule has 0 rings (SSSR count). The summed E-state index contributed by atoms with van der Waals surface area (Å²) >= 11 is 0. The average molecular weight is 108 g/mol. The Morgan fingerprint density at radius 1 is 2.00 bits per heavy atom. The van der Waals surface area contributed by atoms with E-state index in [1.807, 2.05) is 4.88 Å².